The van der Waals surface area contributed by atoms with Gasteiger partial charge in [-0.15, -0.1) is 0 Å². The maximum atomic E-state index is 12.6. The quantitative estimate of drug-likeness (QED) is 0.838. The van der Waals surface area contributed by atoms with Crippen LogP contribution in [0, 0.1) is 11.8 Å². The van der Waals surface area contributed by atoms with Crippen LogP contribution in [0.2, 0.25) is 0 Å². The lowest BCUT2D eigenvalue weighted by Crippen LogP contribution is -2.56. The second kappa shape index (κ2) is 6.75. The number of hydrogen-bond acceptors (Lipinski definition) is 3. The standard InChI is InChI=1S/C21H20N2O3/c24-19-16-7-4-8-17(16)23-21(26)18(19)20(25)22-15-11-9-14(10-12-15)13-5-2-1-3-6-13/h1-3,5-6,9-12,16-18H,4,7-8H2,(H,22,25)(H,23,26)/t16-,17+,18?/m1/s1. The van der Waals surface area contributed by atoms with Gasteiger partial charge in [0.2, 0.25) is 11.8 Å². The highest BCUT2D eigenvalue weighted by Gasteiger charge is 2.48. The summed E-state index contributed by atoms with van der Waals surface area (Å²) in [6.45, 7) is 0. The highest BCUT2D eigenvalue weighted by Crippen LogP contribution is 2.32. The molecule has 1 saturated heterocycles. The monoisotopic (exact) mass is 348 g/mol. The Labute approximate surface area is 151 Å². The van der Waals surface area contributed by atoms with Crippen LogP contribution in [0.5, 0.6) is 0 Å². The van der Waals surface area contributed by atoms with Crippen molar-refractivity contribution in [1.29, 1.82) is 0 Å². The van der Waals surface area contributed by atoms with Gasteiger partial charge in [-0.3, -0.25) is 14.4 Å². The first-order valence-electron chi connectivity index (χ1n) is 8.94. The lowest BCUT2D eigenvalue weighted by Gasteiger charge is -2.30. The lowest BCUT2D eigenvalue weighted by atomic mass is 9.84. The Morgan fingerprint density at radius 2 is 1.62 bits per heavy atom. The highest BCUT2D eigenvalue weighted by molar-refractivity contribution is 6.23. The molecular weight excluding hydrogens is 328 g/mol. The average Bonchev–Trinajstić information content (AvgIpc) is 3.12. The largest absolute Gasteiger partial charge is 0.352 e. The van der Waals surface area contributed by atoms with E-state index in [1.807, 2.05) is 42.5 Å². The van der Waals surface area contributed by atoms with Crippen molar-refractivity contribution in [1.82, 2.24) is 5.32 Å². The fourth-order valence-electron chi connectivity index (χ4n) is 3.92. The first-order valence-corrected chi connectivity index (χ1v) is 8.94. The molecule has 1 unspecified atom stereocenters. The molecule has 5 nitrogen and oxygen atoms in total. The summed E-state index contributed by atoms with van der Waals surface area (Å²) in [7, 11) is 0. The maximum absolute atomic E-state index is 12.6. The molecule has 3 atom stereocenters. The molecule has 0 spiro atoms. The van der Waals surface area contributed by atoms with Gasteiger partial charge in [0, 0.05) is 17.6 Å². The average molecular weight is 348 g/mol. The third kappa shape index (κ3) is 3.01. The Morgan fingerprint density at radius 1 is 0.923 bits per heavy atom. The highest BCUT2D eigenvalue weighted by atomic mass is 16.2. The molecule has 1 saturated carbocycles. The van der Waals surface area contributed by atoms with Crippen LogP contribution in [-0.4, -0.2) is 23.6 Å². The summed E-state index contributed by atoms with van der Waals surface area (Å²) in [5.74, 6) is -2.73. The molecule has 0 aromatic heterocycles. The molecule has 26 heavy (non-hydrogen) atoms. The van der Waals surface area contributed by atoms with Crippen LogP contribution in [0.1, 0.15) is 19.3 Å². The molecule has 1 aliphatic heterocycles. The topological polar surface area (TPSA) is 75.3 Å². The van der Waals surface area contributed by atoms with Crippen molar-refractivity contribution in [3.63, 3.8) is 0 Å². The number of rotatable bonds is 3. The normalized spacial score (nSPS) is 24.7. The van der Waals surface area contributed by atoms with E-state index in [0.29, 0.717) is 5.69 Å². The summed E-state index contributed by atoms with van der Waals surface area (Å²) >= 11 is 0. The number of anilines is 1. The maximum Gasteiger partial charge on any atom is 0.244 e. The first kappa shape index (κ1) is 16.5. The minimum absolute atomic E-state index is 0.0933. The smallest absolute Gasteiger partial charge is 0.244 e. The molecule has 0 radical (unpaired) electrons. The van der Waals surface area contributed by atoms with E-state index < -0.39 is 17.7 Å². The zero-order valence-corrected chi connectivity index (χ0v) is 14.3. The van der Waals surface area contributed by atoms with Crippen LogP contribution in [-0.2, 0) is 14.4 Å². The summed E-state index contributed by atoms with van der Waals surface area (Å²) in [6, 6.07) is 17.2. The molecule has 2 aliphatic rings. The van der Waals surface area contributed by atoms with Gasteiger partial charge in [0.1, 0.15) is 0 Å². The second-order valence-corrected chi connectivity index (χ2v) is 6.92. The van der Waals surface area contributed by atoms with Gasteiger partial charge in [-0.05, 0) is 36.1 Å². The predicted octanol–water partition coefficient (Wildman–Crippen LogP) is 2.78. The van der Waals surface area contributed by atoms with E-state index in [4.69, 9.17) is 0 Å². The van der Waals surface area contributed by atoms with Crippen molar-refractivity contribution in [2.24, 2.45) is 11.8 Å². The van der Waals surface area contributed by atoms with Crippen LogP contribution < -0.4 is 10.6 Å². The molecule has 2 N–H and O–H groups in total. The number of Topliss-reactive ketones (excluding diaryl/α,β-unsaturated/α-hetero) is 1. The molecule has 2 amide bonds. The Hall–Kier alpha value is -2.95. The number of nitrogens with one attached hydrogen (secondary N) is 2. The summed E-state index contributed by atoms with van der Waals surface area (Å²) in [5, 5.41) is 5.55. The minimum atomic E-state index is -1.25. The number of amides is 2. The fourth-order valence-corrected chi connectivity index (χ4v) is 3.92. The van der Waals surface area contributed by atoms with Crippen molar-refractivity contribution < 1.29 is 14.4 Å². The third-order valence-corrected chi connectivity index (χ3v) is 5.28. The van der Waals surface area contributed by atoms with E-state index in [1.54, 1.807) is 12.1 Å². The predicted molar refractivity (Wildman–Crippen MR) is 98.3 cm³/mol. The molecule has 5 heteroatoms. The SMILES string of the molecule is O=C(Nc1ccc(-c2ccccc2)cc1)C1C(=O)N[C@H]2CCC[C@H]2C1=O. The molecule has 1 heterocycles. The van der Waals surface area contributed by atoms with Gasteiger partial charge in [-0.25, -0.2) is 0 Å². The van der Waals surface area contributed by atoms with Crippen molar-refractivity contribution in [3.8, 4) is 11.1 Å². The Balaban J connectivity index is 1.47. The van der Waals surface area contributed by atoms with Gasteiger partial charge >= 0.3 is 0 Å². The van der Waals surface area contributed by atoms with Crippen molar-refractivity contribution in [2.45, 2.75) is 25.3 Å². The number of carbonyl (C=O) groups is 3. The van der Waals surface area contributed by atoms with E-state index in [-0.39, 0.29) is 17.7 Å². The van der Waals surface area contributed by atoms with Crippen LogP contribution in [0.15, 0.2) is 54.6 Å². The molecular formula is C21H20N2O3. The van der Waals surface area contributed by atoms with E-state index in [9.17, 15) is 14.4 Å². The molecule has 132 valence electrons. The lowest BCUT2D eigenvalue weighted by molar-refractivity contribution is -0.145. The molecule has 2 aromatic carbocycles. The van der Waals surface area contributed by atoms with E-state index in [1.165, 1.54) is 0 Å². The minimum Gasteiger partial charge on any atom is -0.352 e. The van der Waals surface area contributed by atoms with Gasteiger partial charge in [0.15, 0.2) is 11.7 Å². The summed E-state index contributed by atoms with van der Waals surface area (Å²) in [4.78, 5) is 37.3. The number of carbonyl (C=O) groups excluding carboxylic acids is 3. The fraction of sp³-hybridized carbons (Fsp3) is 0.286. The van der Waals surface area contributed by atoms with Crippen molar-refractivity contribution in [2.75, 3.05) is 5.32 Å². The second-order valence-electron chi connectivity index (χ2n) is 6.92. The Bertz CT molecular complexity index is 845. The van der Waals surface area contributed by atoms with Crippen LogP contribution in [0.3, 0.4) is 0 Å². The first-order chi connectivity index (χ1) is 12.6. The zero-order chi connectivity index (χ0) is 18.1. The molecule has 2 fully saturated rings. The van der Waals surface area contributed by atoms with Crippen LogP contribution in [0.25, 0.3) is 11.1 Å². The Kier molecular flexibility index (Phi) is 4.29. The van der Waals surface area contributed by atoms with Crippen LogP contribution in [0.4, 0.5) is 5.69 Å². The van der Waals surface area contributed by atoms with Gasteiger partial charge in [0.25, 0.3) is 0 Å². The van der Waals surface area contributed by atoms with Gasteiger partial charge < -0.3 is 10.6 Å². The third-order valence-electron chi connectivity index (χ3n) is 5.28. The van der Waals surface area contributed by atoms with Gasteiger partial charge in [0.05, 0.1) is 0 Å². The number of hydrogen-bond donors (Lipinski definition) is 2. The number of piperidine rings is 1. The van der Waals surface area contributed by atoms with E-state index in [0.717, 1.165) is 30.4 Å². The number of fused-ring (bicyclic) bond motifs is 1. The van der Waals surface area contributed by atoms with Crippen molar-refractivity contribution in [3.05, 3.63) is 54.6 Å². The summed E-state index contributed by atoms with van der Waals surface area (Å²) in [5.41, 5.74) is 2.69. The molecule has 1 aliphatic carbocycles. The number of benzene rings is 2. The molecule has 2 aromatic rings. The van der Waals surface area contributed by atoms with Gasteiger partial charge in [-0.2, -0.15) is 0 Å². The molecule has 0 bridgehead atoms. The van der Waals surface area contributed by atoms with Crippen molar-refractivity contribution >= 4 is 23.3 Å². The number of ketones is 1. The van der Waals surface area contributed by atoms with Crippen LogP contribution >= 0.6 is 0 Å². The summed E-state index contributed by atoms with van der Waals surface area (Å²) < 4.78 is 0. The summed E-state index contributed by atoms with van der Waals surface area (Å²) in [6.07, 6.45) is 2.48. The zero-order valence-electron chi connectivity index (χ0n) is 14.3. The van der Waals surface area contributed by atoms with E-state index in [2.05, 4.69) is 10.6 Å². The van der Waals surface area contributed by atoms with Gasteiger partial charge in [-0.1, -0.05) is 48.9 Å². The Morgan fingerprint density at radius 3 is 2.35 bits per heavy atom. The van der Waals surface area contributed by atoms with E-state index >= 15 is 0 Å². The molecule has 4 rings (SSSR count).